The number of benzene rings is 1. The van der Waals surface area contributed by atoms with E-state index in [1.165, 1.54) is 0 Å². The fourth-order valence-electron chi connectivity index (χ4n) is 2.08. The van der Waals surface area contributed by atoms with Crippen LogP contribution >= 0.6 is 31.9 Å². The van der Waals surface area contributed by atoms with Gasteiger partial charge in [-0.25, -0.2) is 4.98 Å². The van der Waals surface area contributed by atoms with E-state index >= 15 is 0 Å². The van der Waals surface area contributed by atoms with Crippen molar-refractivity contribution in [3.8, 4) is 5.75 Å². The normalized spacial score (nSPS) is 11.0. The molecule has 2 aromatic rings. The molecule has 0 saturated heterocycles. The van der Waals surface area contributed by atoms with Gasteiger partial charge in [0.1, 0.15) is 5.75 Å². The van der Waals surface area contributed by atoms with E-state index in [0.29, 0.717) is 5.92 Å². The van der Waals surface area contributed by atoms with Crippen molar-refractivity contribution in [1.82, 2.24) is 9.55 Å². The van der Waals surface area contributed by atoms with Gasteiger partial charge in [0.05, 0.1) is 23.0 Å². The van der Waals surface area contributed by atoms with Crippen LogP contribution in [-0.2, 0) is 6.54 Å². The zero-order valence-electron chi connectivity index (χ0n) is 12.6. The van der Waals surface area contributed by atoms with Gasteiger partial charge in [-0.2, -0.15) is 0 Å². The molecule has 0 spiro atoms. The van der Waals surface area contributed by atoms with Crippen LogP contribution in [0.4, 0.5) is 11.6 Å². The first-order valence-electron chi connectivity index (χ1n) is 6.74. The fraction of sp³-hybridized carbons (Fsp3) is 0.400. The molecule has 0 saturated carbocycles. The first-order valence-corrected chi connectivity index (χ1v) is 8.33. The van der Waals surface area contributed by atoms with E-state index in [4.69, 9.17) is 4.74 Å². The molecular weight excluding hydrogens is 398 g/mol. The molecule has 0 aliphatic rings. The molecule has 1 N–H and O–H groups in total. The van der Waals surface area contributed by atoms with Gasteiger partial charge in [-0.05, 0) is 50.8 Å². The van der Waals surface area contributed by atoms with Gasteiger partial charge < -0.3 is 14.6 Å². The summed E-state index contributed by atoms with van der Waals surface area (Å²) in [6.45, 7) is 7.31. The van der Waals surface area contributed by atoms with Crippen LogP contribution in [0.3, 0.4) is 0 Å². The molecule has 0 amide bonds. The summed E-state index contributed by atoms with van der Waals surface area (Å²) in [5, 5.41) is 3.37. The number of hydrogen-bond donors (Lipinski definition) is 1. The van der Waals surface area contributed by atoms with E-state index < -0.39 is 0 Å². The highest BCUT2D eigenvalue weighted by atomic mass is 79.9. The molecule has 0 aliphatic heterocycles. The van der Waals surface area contributed by atoms with Crippen LogP contribution in [0, 0.1) is 12.8 Å². The molecule has 21 heavy (non-hydrogen) atoms. The van der Waals surface area contributed by atoms with Gasteiger partial charge in [-0.1, -0.05) is 13.8 Å². The molecule has 1 aromatic carbocycles. The highest BCUT2D eigenvalue weighted by Gasteiger charge is 2.12. The van der Waals surface area contributed by atoms with Crippen molar-refractivity contribution in [1.29, 1.82) is 0 Å². The molecule has 0 unspecified atom stereocenters. The Morgan fingerprint density at radius 2 is 2.00 bits per heavy atom. The molecule has 1 aromatic heterocycles. The Balaban J connectivity index is 2.34. The Labute approximate surface area is 142 Å². The summed E-state index contributed by atoms with van der Waals surface area (Å²) in [4.78, 5) is 4.56. The van der Waals surface area contributed by atoms with Gasteiger partial charge >= 0.3 is 0 Å². The van der Waals surface area contributed by atoms with E-state index in [0.717, 1.165) is 38.6 Å². The van der Waals surface area contributed by atoms with E-state index in [2.05, 4.69) is 66.8 Å². The average molecular weight is 417 g/mol. The summed E-state index contributed by atoms with van der Waals surface area (Å²) in [6, 6.07) is 3.90. The minimum atomic E-state index is 0.557. The molecule has 114 valence electrons. The largest absolute Gasteiger partial charge is 0.495 e. The van der Waals surface area contributed by atoms with Crippen LogP contribution in [0.5, 0.6) is 5.75 Å². The highest BCUT2D eigenvalue weighted by Crippen LogP contribution is 2.35. The van der Waals surface area contributed by atoms with Gasteiger partial charge in [0.15, 0.2) is 0 Å². The molecule has 0 radical (unpaired) electrons. The minimum Gasteiger partial charge on any atom is -0.495 e. The maximum Gasteiger partial charge on any atom is 0.207 e. The van der Waals surface area contributed by atoms with Crippen molar-refractivity contribution in [2.75, 3.05) is 12.4 Å². The number of methoxy groups -OCH3 is 1. The number of aryl methyl sites for hydroxylation is 1. The number of hydrogen-bond acceptors (Lipinski definition) is 3. The molecule has 4 nitrogen and oxygen atoms in total. The van der Waals surface area contributed by atoms with Crippen molar-refractivity contribution in [3.05, 3.63) is 33.0 Å². The van der Waals surface area contributed by atoms with Crippen molar-refractivity contribution in [2.24, 2.45) is 5.92 Å². The second-order valence-electron chi connectivity index (χ2n) is 5.34. The third-order valence-electron chi connectivity index (χ3n) is 2.95. The molecule has 0 fully saturated rings. The SMILES string of the molecule is COc1cc(Nc2nc(C)cn2CC(C)C)c(Br)cc1Br. The smallest absolute Gasteiger partial charge is 0.207 e. The number of nitrogens with one attached hydrogen (secondary N) is 1. The number of imidazole rings is 1. The second-order valence-corrected chi connectivity index (χ2v) is 7.05. The summed E-state index contributed by atoms with van der Waals surface area (Å²) in [6.07, 6.45) is 2.06. The molecule has 2 rings (SSSR count). The summed E-state index contributed by atoms with van der Waals surface area (Å²) >= 11 is 7.04. The van der Waals surface area contributed by atoms with E-state index in [1.54, 1.807) is 7.11 Å². The number of nitrogens with zero attached hydrogens (tertiary/aromatic N) is 2. The third kappa shape index (κ3) is 4.01. The Bertz CT molecular complexity index is 638. The zero-order valence-corrected chi connectivity index (χ0v) is 15.7. The van der Waals surface area contributed by atoms with Gasteiger partial charge in [0.2, 0.25) is 5.95 Å². The lowest BCUT2D eigenvalue weighted by atomic mass is 10.2. The fourth-order valence-corrected chi connectivity index (χ4v) is 3.34. The predicted octanol–water partition coefficient (Wildman–Crippen LogP) is 5.12. The van der Waals surface area contributed by atoms with Crippen molar-refractivity contribution < 1.29 is 4.74 Å². The molecular formula is C15H19Br2N3O. The van der Waals surface area contributed by atoms with Crippen LogP contribution in [0.2, 0.25) is 0 Å². The number of anilines is 2. The van der Waals surface area contributed by atoms with Crippen LogP contribution < -0.4 is 10.1 Å². The van der Waals surface area contributed by atoms with Crippen LogP contribution in [0.1, 0.15) is 19.5 Å². The van der Waals surface area contributed by atoms with Crippen LogP contribution in [0.25, 0.3) is 0 Å². The summed E-state index contributed by atoms with van der Waals surface area (Å²) in [5.74, 6) is 2.17. The highest BCUT2D eigenvalue weighted by molar-refractivity contribution is 9.11. The van der Waals surface area contributed by atoms with Gasteiger partial charge in [0.25, 0.3) is 0 Å². The first-order chi connectivity index (χ1) is 9.90. The zero-order chi connectivity index (χ0) is 15.6. The Kier molecular flexibility index (Phi) is 5.32. The monoisotopic (exact) mass is 415 g/mol. The minimum absolute atomic E-state index is 0.557. The maximum atomic E-state index is 5.34. The molecule has 0 atom stereocenters. The maximum absolute atomic E-state index is 5.34. The average Bonchev–Trinajstić information content (AvgIpc) is 2.72. The van der Waals surface area contributed by atoms with E-state index in [-0.39, 0.29) is 0 Å². The predicted molar refractivity (Wildman–Crippen MR) is 93.5 cm³/mol. The molecule has 0 aliphatic carbocycles. The Morgan fingerprint density at radius 1 is 1.29 bits per heavy atom. The van der Waals surface area contributed by atoms with Gasteiger partial charge in [0, 0.05) is 23.3 Å². The van der Waals surface area contributed by atoms with Crippen molar-refractivity contribution in [3.63, 3.8) is 0 Å². The molecule has 1 heterocycles. The first kappa shape index (κ1) is 16.4. The summed E-state index contributed by atoms with van der Waals surface area (Å²) in [5.41, 5.74) is 1.92. The lowest BCUT2D eigenvalue weighted by molar-refractivity contribution is 0.412. The van der Waals surface area contributed by atoms with Crippen LogP contribution in [0.15, 0.2) is 27.3 Å². The van der Waals surface area contributed by atoms with Gasteiger partial charge in [-0.3, -0.25) is 0 Å². The van der Waals surface area contributed by atoms with Crippen molar-refractivity contribution in [2.45, 2.75) is 27.3 Å². The topological polar surface area (TPSA) is 39.1 Å². The third-order valence-corrected chi connectivity index (χ3v) is 4.22. The molecule has 6 heteroatoms. The Hall–Kier alpha value is -1.01. The number of rotatable bonds is 5. The summed E-state index contributed by atoms with van der Waals surface area (Å²) < 4.78 is 9.34. The lowest BCUT2D eigenvalue weighted by Gasteiger charge is -2.14. The van der Waals surface area contributed by atoms with Crippen LogP contribution in [-0.4, -0.2) is 16.7 Å². The lowest BCUT2D eigenvalue weighted by Crippen LogP contribution is -2.07. The Morgan fingerprint density at radius 3 is 2.62 bits per heavy atom. The standard InChI is InChI=1S/C15H19Br2N3O/c1-9(2)7-20-8-10(3)18-15(20)19-13-6-14(21-4)12(17)5-11(13)16/h5-6,8-9H,7H2,1-4H3,(H,18,19). The number of ether oxygens (including phenoxy) is 1. The van der Waals surface area contributed by atoms with E-state index in [9.17, 15) is 0 Å². The van der Waals surface area contributed by atoms with E-state index in [1.807, 2.05) is 19.1 Å². The number of aromatic nitrogens is 2. The molecule has 0 bridgehead atoms. The van der Waals surface area contributed by atoms with Gasteiger partial charge in [-0.15, -0.1) is 0 Å². The second kappa shape index (κ2) is 6.83. The number of halogens is 2. The van der Waals surface area contributed by atoms with Crippen molar-refractivity contribution >= 4 is 43.5 Å². The quantitative estimate of drug-likeness (QED) is 0.734. The summed E-state index contributed by atoms with van der Waals surface area (Å²) in [7, 11) is 1.65.